The minimum atomic E-state index is -3.88. The Hall–Kier alpha value is 1.52. The van der Waals surface area contributed by atoms with Gasteiger partial charge in [-0.3, -0.25) is 4.55 Å². The molecule has 6 heteroatoms. The molecule has 0 aromatic rings. The summed E-state index contributed by atoms with van der Waals surface area (Å²) in [5.74, 6) is 0. The van der Waals surface area contributed by atoms with Gasteiger partial charge in [-0.25, -0.2) is 0 Å². The molecule has 0 aliphatic carbocycles. The van der Waals surface area contributed by atoms with Gasteiger partial charge in [0.05, 0.1) is 0 Å². The summed E-state index contributed by atoms with van der Waals surface area (Å²) in [6.07, 6.45) is 0. The van der Waals surface area contributed by atoms with Crippen molar-refractivity contribution in [3.63, 3.8) is 0 Å². The number of hydrogen-bond donors (Lipinski definition) is 2. The standard InChI is InChI=1S/C2H6O3S2.Ca.2H/c1-2(6)7(3,4)5;;;/h2,6H,1H3,(H,3,4,5);;;. The summed E-state index contributed by atoms with van der Waals surface area (Å²) in [6.45, 7) is 1.28. The molecule has 1 unspecified atom stereocenters. The van der Waals surface area contributed by atoms with Crippen molar-refractivity contribution in [2.45, 2.75) is 11.5 Å². The van der Waals surface area contributed by atoms with E-state index in [0.717, 1.165) is 0 Å². The zero-order chi connectivity index (χ0) is 6.08. The van der Waals surface area contributed by atoms with Gasteiger partial charge < -0.3 is 0 Å². The van der Waals surface area contributed by atoms with Crippen LogP contribution in [0.25, 0.3) is 0 Å². The van der Waals surface area contributed by atoms with E-state index < -0.39 is 14.7 Å². The van der Waals surface area contributed by atoms with Crippen LogP contribution in [-0.4, -0.2) is 55.3 Å². The van der Waals surface area contributed by atoms with Crippen LogP contribution in [0.3, 0.4) is 0 Å². The van der Waals surface area contributed by atoms with Crippen LogP contribution in [-0.2, 0) is 10.1 Å². The average molecular weight is 184 g/mol. The molecule has 0 saturated heterocycles. The van der Waals surface area contributed by atoms with Crippen LogP contribution in [0.5, 0.6) is 0 Å². The summed E-state index contributed by atoms with van der Waals surface area (Å²) in [6, 6.07) is 0. The fourth-order valence-electron chi connectivity index (χ4n) is 0. The molecule has 0 aliphatic rings. The van der Waals surface area contributed by atoms with Crippen LogP contribution in [0.1, 0.15) is 6.92 Å². The molecule has 8 heavy (non-hydrogen) atoms. The van der Waals surface area contributed by atoms with E-state index in [1.165, 1.54) is 6.92 Å². The van der Waals surface area contributed by atoms with Crippen LogP contribution < -0.4 is 0 Å². The molecule has 0 fully saturated rings. The Balaban J connectivity index is 0. The quantitative estimate of drug-likeness (QED) is 0.320. The second kappa shape index (κ2) is 4.35. The maximum atomic E-state index is 9.81. The van der Waals surface area contributed by atoms with Gasteiger partial charge in [0, 0.05) is 0 Å². The van der Waals surface area contributed by atoms with E-state index in [-0.39, 0.29) is 37.7 Å². The number of thiol groups is 1. The predicted octanol–water partition coefficient (Wildman–Crippen LogP) is -0.766. The van der Waals surface area contributed by atoms with Crippen molar-refractivity contribution in [2.24, 2.45) is 0 Å². The summed E-state index contributed by atoms with van der Waals surface area (Å²) in [5, 5.41) is 0. The summed E-state index contributed by atoms with van der Waals surface area (Å²) < 4.78 is 26.6. The van der Waals surface area contributed by atoms with Gasteiger partial charge in [0.1, 0.15) is 4.58 Å². The Bertz CT molecular complexity index is 137. The number of rotatable bonds is 1. The van der Waals surface area contributed by atoms with Gasteiger partial charge in [-0.15, -0.1) is 0 Å². The normalized spacial score (nSPS) is 14.4. The first-order valence-corrected chi connectivity index (χ1v) is 3.61. The summed E-state index contributed by atoms with van der Waals surface area (Å²) in [7, 11) is -3.88. The van der Waals surface area contributed by atoms with Crippen molar-refractivity contribution < 1.29 is 13.0 Å². The average Bonchev–Trinajstić information content (AvgIpc) is 1.31. The van der Waals surface area contributed by atoms with Crippen LogP contribution in [0.4, 0.5) is 0 Å². The van der Waals surface area contributed by atoms with Gasteiger partial charge in [-0.1, -0.05) is 0 Å². The molecular weight excluding hydrogens is 176 g/mol. The molecule has 0 bridgehead atoms. The molecule has 0 aromatic carbocycles. The van der Waals surface area contributed by atoms with E-state index in [9.17, 15) is 8.42 Å². The summed E-state index contributed by atoms with van der Waals surface area (Å²) >= 11 is 3.44. The molecule has 0 spiro atoms. The van der Waals surface area contributed by atoms with Gasteiger partial charge in [-0.05, 0) is 6.92 Å². The molecule has 0 amide bonds. The van der Waals surface area contributed by atoms with Gasteiger partial charge in [0.2, 0.25) is 0 Å². The molecule has 1 atom stereocenters. The summed E-state index contributed by atoms with van der Waals surface area (Å²) in [5.41, 5.74) is 0. The molecule has 0 rings (SSSR count). The van der Waals surface area contributed by atoms with Crippen molar-refractivity contribution in [3.05, 3.63) is 0 Å². The molecule has 0 aromatic heterocycles. The third kappa shape index (κ3) is 5.65. The molecule has 0 saturated carbocycles. The van der Waals surface area contributed by atoms with Crippen LogP contribution >= 0.6 is 12.6 Å². The molecule has 3 nitrogen and oxygen atoms in total. The fraction of sp³-hybridized carbons (Fsp3) is 1.00. The first kappa shape index (κ1) is 12.2. The zero-order valence-electron chi connectivity index (χ0n) is 3.70. The SMILES string of the molecule is CC(S)S(=O)(=O)O.[CaH2]. The third-order valence-electron chi connectivity index (χ3n) is 0.431. The van der Waals surface area contributed by atoms with Crippen molar-refractivity contribution >= 4 is 60.5 Å². The molecule has 0 radical (unpaired) electrons. The van der Waals surface area contributed by atoms with E-state index in [1.54, 1.807) is 0 Å². The second-order valence-corrected chi connectivity index (χ2v) is 3.98. The van der Waals surface area contributed by atoms with Crippen LogP contribution in [0, 0.1) is 0 Å². The third-order valence-corrected chi connectivity index (χ3v) is 2.09. The van der Waals surface area contributed by atoms with Crippen LogP contribution in [0.2, 0.25) is 0 Å². The zero-order valence-corrected chi connectivity index (χ0v) is 5.41. The van der Waals surface area contributed by atoms with E-state index in [1.807, 2.05) is 0 Å². The van der Waals surface area contributed by atoms with Crippen molar-refractivity contribution in [3.8, 4) is 0 Å². The minimum absolute atomic E-state index is 0. The van der Waals surface area contributed by atoms with Crippen molar-refractivity contribution in [1.29, 1.82) is 0 Å². The van der Waals surface area contributed by atoms with Crippen molar-refractivity contribution in [1.82, 2.24) is 0 Å². The molecular formula is C2H8CaO3S2. The fourth-order valence-corrected chi connectivity index (χ4v) is 0. The van der Waals surface area contributed by atoms with Gasteiger partial charge in [0.25, 0.3) is 10.1 Å². The maximum absolute atomic E-state index is 9.81. The number of hydrogen-bond acceptors (Lipinski definition) is 3. The molecule has 0 aliphatic heterocycles. The Morgan fingerprint density at radius 3 is 1.75 bits per heavy atom. The first-order valence-electron chi connectivity index (χ1n) is 1.59. The van der Waals surface area contributed by atoms with Gasteiger partial charge in [0.15, 0.2) is 0 Å². The van der Waals surface area contributed by atoms with E-state index in [2.05, 4.69) is 12.6 Å². The summed E-state index contributed by atoms with van der Waals surface area (Å²) in [4.78, 5) is 0. The molecule has 48 valence electrons. The van der Waals surface area contributed by atoms with E-state index >= 15 is 0 Å². The van der Waals surface area contributed by atoms with Gasteiger partial charge in [-0.2, -0.15) is 21.0 Å². The Morgan fingerprint density at radius 1 is 1.62 bits per heavy atom. The van der Waals surface area contributed by atoms with E-state index in [0.29, 0.717) is 0 Å². The Labute approximate surface area is 84.0 Å². The second-order valence-electron chi connectivity index (χ2n) is 1.11. The monoisotopic (exact) mass is 184 g/mol. The van der Waals surface area contributed by atoms with Gasteiger partial charge >= 0.3 is 37.7 Å². The predicted molar refractivity (Wildman–Crippen MR) is 38.5 cm³/mol. The first-order chi connectivity index (χ1) is 2.94. The Kier molecular flexibility index (Phi) is 6.65. The van der Waals surface area contributed by atoms with E-state index in [4.69, 9.17) is 4.55 Å². The Morgan fingerprint density at radius 2 is 1.75 bits per heavy atom. The molecule has 1 N–H and O–H groups in total. The van der Waals surface area contributed by atoms with Crippen molar-refractivity contribution in [2.75, 3.05) is 0 Å². The topological polar surface area (TPSA) is 54.4 Å². The van der Waals surface area contributed by atoms with Crippen LogP contribution in [0.15, 0.2) is 0 Å². The molecule has 0 heterocycles.